The zero-order chi connectivity index (χ0) is 19.9. The molecule has 0 fully saturated rings. The first-order chi connectivity index (χ1) is 13.3. The highest BCUT2D eigenvalue weighted by atomic mass is 35.5. The smallest absolute Gasteiger partial charge is 0.305 e. The summed E-state index contributed by atoms with van der Waals surface area (Å²) in [5, 5.41) is 6.26. The zero-order valence-corrected chi connectivity index (χ0v) is 15.3. The average molecular weight is 424 g/mol. The summed E-state index contributed by atoms with van der Waals surface area (Å²) >= 11 is 6.98. The van der Waals surface area contributed by atoms with E-state index in [1.807, 2.05) is 0 Å². The van der Waals surface area contributed by atoms with E-state index >= 15 is 0 Å². The number of carbonyl (C=O) groups excluding carboxylic acids is 1. The Kier molecular flexibility index (Phi) is 4.52. The number of nitrogens with zero attached hydrogens (tertiary/aromatic N) is 4. The molecule has 0 aliphatic rings. The number of aromatic nitrogens is 4. The van der Waals surface area contributed by atoms with Gasteiger partial charge in [-0.25, -0.2) is 14.5 Å². The molecule has 142 valence electrons. The van der Waals surface area contributed by atoms with Crippen molar-refractivity contribution < 1.29 is 18.0 Å². The molecule has 1 N–H and O–H groups in total. The van der Waals surface area contributed by atoms with E-state index in [0.717, 1.165) is 17.4 Å². The molecule has 0 aliphatic heterocycles. The Morgan fingerprint density at radius 3 is 2.64 bits per heavy atom. The molecule has 0 spiro atoms. The molecule has 0 bridgehead atoms. The van der Waals surface area contributed by atoms with Crippen LogP contribution in [0.2, 0.25) is 4.34 Å². The third kappa shape index (κ3) is 3.56. The van der Waals surface area contributed by atoms with E-state index in [1.165, 1.54) is 12.3 Å². The molecule has 28 heavy (non-hydrogen) atoms. The van der Waals surface area contributed by atoms with Crippen molar-refractivity contribution in [3.05, 3.63) is 64.4 Å². The quantitative estimate of drug-likeness (QED) is 0.515. The Morgan fingerprint density at radius 1 is 1.18 bits per heavy atom. The van der Waals surface area contributed by atoms with Crippen LogP contribution in [-0.2, 0) is 6.18 Å². The van der Waals surface area contributed by atoms with Crippen molar-refractivity contribution >= 4 is 40.3 Å². The molecule has 0 aromatic carbocycles. The first kappa shape index (κ1) is 18.4. The fourth-order valence-corrected chi connectivity index (χ4v) is 3.49. The Bertz CT molecular complexity index is 1170. The van der Waals surface area contributed by atoms with Crippen LogP contribution in [-0.4, -0.2) is 25.5 Å². The number of fused-ring (bicyclic) bond motifs is 1. The average Bonchev–Trinajstić information content (AvgIpc) is 3.27. The maximum atomic E-state index is 13.6. The van der Waals surface area contributed by atoms with Gasteiger partial charge in [-0.15, -0.1) is 11.3 Å². The van der Waals surface area contributed by atoms with Crippen LogP contribution in [0, 0.1) is 0 Å². The van der Waals surface area contributed by atoms with Crippen LogP contribution in [0.1, 0.15) is 16.2 Å². The molecular weight excluding hydrogens is 415 g/mol. The van der Waals surface area contributed by atoms with Gasteiger partial charge in [0.1, 0.15) is 5.82 Å². The molecule has 0 saturated carbocycles. The first-order valence-corrected chi connectivity index (χ1v) is 8.97. The largest absolute Gasteiger partial charge is 0.433 e. The molecule has 4 aromatic rings. The molecule has 0 atom stereocenters. The highest BCUT2D eigenvalue weighted by Gasteiger charge is 2.35. The van der Waals surface area contributed by atoms with Gasteiger partial charge in [-0.1, -0.05) is 17.7 Å². The number of amides is 1. The lowest BCUT2D eigenvalue weighted by atomic mass is 10.2. The predicted molar refractivity (Wildman–Crippen MR) is 98.5 cm³/mol. The Labute approximate surface area is 164 Å². The number of anilines is 1. The van der Waals surface area contributed by atoms with Gasteiger partial charge in [0.25, 0.3) is 5.91 Å². The summed E-state index contributed by atoms with van der Waals surface area (Å²) < 4.78 is 41.7. The molecule has 0 radical (unpaired) electrons. The summed E-state index contributed by atoms with van der Waals surface area (Å²) in [6, 6.07) is 10.1. The van der Waals surface area contributed by atoms with Crippen LogP contribution in [0.5, 0.6) is 0 Å². The summed E-state index contributed by atoms with van der Waals surface area (Å²) in [6.07, 6.45) is -3.22. The Balaban J connectivity index is 1.80. The van der Waals surface area contributed by atoms with Crippen molar-refractivity contribution in [2.45, 2.75) is 6.18 Å². The first-order valence-electron chi connectivity index (χ1n) is 7.77. The Morgan fingerprint density at radius 2 is 2.00 bits per heavy atom. The number of rotatable bonds is 3. The van der Waals surface area contributed by atoms with Crippen molar-refractivity contribution in [2.75, 3.05) is 5.32 Å². The number of halogens is 4. The zero-order valence-electron chi connectivity index (χ0n) is 13.7. The summed E-state index contributed by atoms with van der Waals surface area (Å²) in [6.45, 7) is 0. The number of alkyl halides is 3. The fourth-order valence-electron chi connectivity index (χ4n) is 2.48. The van der Waals surface area contributed by atoms with Crippen LogP contribution in [0.3, 0.4) is 0 Å². The van der Waals surface area contributed by atoms with Gasteiger partial charge >= 0.3 is 6.18 Å². The standard InChI is InChI=1S/C17H9ClF3N5OS/c18-13-5-4-11(28-13)9-7-12(17(19,20)21)26-15(23-9)8-10(25-26)16(27)24-14-3-1-2-6-22-14/h1-8H,(H,22,24,27). The van der Waals surface area contributed by atoms with E-state index in [0.29, 0.717) is 13.7 Å². The SMILES string of the molecule is O=C(Nc1ccccn1)c1cc2nc(-c3ccc(Cl)s3)cc(C(F)(F)F)n2n1. The van der Waals surface area contributed by atoms with Crippen LogP contribution in [0.25, 0.3) is 16.2 Å². The van der Waals surface area contributed by atoms with Crippen molar-refractivity contribution in [1.82, 2.24) is 19.6 Å². The number of carbonyl (C=O) groups is 1. The molecule has 4 aromatic heterocycles. The molecular formula is C17H9ClF3N5OS. The second kappa shape index (κ2) is 6.88. The maximum absolute atomic E-state index is 13.6. The van der Waals surface area contributed by atoms with E-state index in [4.69, 9.17) is 11.6 Å². The lowest BCUT2D eigenvalue weighted by molar-refractivity contribution is -0.142. The molecule has 11 heteroatoms. The molecule has 0 saturated heterocycles. The van der Waals surface area contributed by atoms with Gasteiger partial charge in [-0.05, 0) is 30.3 Å². The number of thiophene rings is 1. The van der Waals surface area contributed by atoms with E-state index in [2.05, 4.69) is 20.4 Å². The lowest BCUT2D eigenvalue weighted by Crippen LogP contribution is -2.16. The van der Waals surface area contributed by atoms with Crippen molar-refractivity contribution in [1.29, 1.82) is 0 Å². The summed E-state index contributed by atoms with van der Waals surface area (Å²) in [4.78, 5) is 21.0. The molecule has 0 unspecified atom stereocenters. The van der Waals surface area contributed by atoms with Crippen LogP contribution in [0.4, 0.5) is 19.0 Å². The molecule has 4 rings (SSSR count). The summed E-state index contributed by atoms with van der Waals surface area (Å²) in [7, 11) is 0. The highest BCUT2D eigenvalue weighted by molar-refractivity contribution is 7.19. The van der Waals surface area contributed by atoms with Gasteiger partial charge in [0, 0.05) is 12.3 Å². The van der Waals surface area contributed by atoms with Crippen molar-refractivity contribution in [3.8, 4) is 10.6 Å². The monoisotopic (exact) mass is 423 g/mol. The minimum absolute atomic E-state index is 0.0910. The van der Waals surface area contributed by atoms with Gasteiger partial charge in [-0.3, -0.25) is 4.79 Å². The number of hydrogen-bond acceptors (Lipinski definition) is 5. The second-order valence-corrected chi connectivity index (χ2v) is 7.31. The van der Waals surface area contributed by atoms with Gasteiger partial charge in [-0.2, -0.15) is 18.3 Å². The third-order valence-electron chi connectivity index (χ3n) is 3.68. The predicted octanol–water partition coefficient (Wildman–Crippen LogP) is 4.78. The lowest BCUT2D eigenvalue weighted by Gasteiger charge is -2.10. The minimum atomic E-state index is -4.70. The number of hydrogen-bond donors (Lipinski definition) is 1. The highest BCUT2D eigenvalue weighted by Crippen LogP contribution is 2.35. The van der Waals surface area contributed by atoms with E-state index in [1.54, 1.807) is 30.3 Å². The van der Waals surface area contributed by atoms with Crippen molar-refractivity contribution in [3.63, 3.8) is 0 Å². The Hall–Kier alpha value is -2.98. The summed E-state index contributed by atoms with van der Waals surface area (Å²) in [5.41, 5.74) is -1.28. The van der Waals surface area contributed by atoms with E-state index < -0.39 is 17.8 Å². The molecule has 6 nitrogen and oxygen atoms in total. The van der Waals surface area contributed by atoms with Crippen LogP contribution >= 0.6 is 22.9 Å². The second-order valence-electron chi connectivity index (χ2n) is 5.60. The third-order valence-corrected chi connectivity index (χ3v) is 4.94. The van der Waals surface area contributed by atoms with Gasteiger partial charge in [0.05, 0.1) is 14.9 Å². The van der Waals surface area contributed by atoms with Gasteiger partial charge in [0.15, 0.2) is 17.0 Å². The van der Waals surface area contributed by atoms with Gasteiger partial charge in [0.2, 0.25) is 0 Å². The number of nitrogens with one attached hydrogen (secondary N) is 1. The van der Waals surface area contributed by atoms with Gasteiger partial charge < -0.3 is 5.32 Å². The normalized spacial score (nSPS) is 11.7. The molecule has 0 aliphatic carbocycles. The summed E-state index contributed by atoms with van der Waals surface area (Å²) in [5.74, 6) is -0.444. The van der Waals surface area contributed by atoms with Crippen molar-refractivity contribution in [2.24, 2.45) is 0 Å². The molecule has 4 heterocycles. The molecule has 1 amide bonds. The maximum Gasteiger partial charge on any atom is 0.433 e. The van der Waals surface area contributed by atoms with Crippen LogP contribution in [0.15, 0.2) is 48.7 Å². The van der Waals surface area contributed by atoms with E-state index in [9.17, 15) is 18.0 Å². The topological polar surface area (TPSA) is 72.2 Å². The number of pyridine rings is 1. The van der Waals surface area contributed by atoms with Crippen LogP contribution < -0.4 is 5.32 Å². The minimum Gasteiger partial charge on any atom is -0.305 e. The van der Waals surface area contributed by atoms with E-state index in [-0.39, 0.29) is 22.9 Å². The fraction of sp³-hybridized carbons (Fsp3) is 0.0588.